The van der Waals surface area contributed by atoms with Gasteiger partial charge in [0.05, 0.1) is 6.61 Å². The van der Waals surface area contributed by atoms with Crippen molar-refractivity contribution in [3.8, 4) is 0 Å². The van der Waals surface area contributed by atoms with E-state index in [9.17, 15) is 4.79 Å². The largest absolute Gasteiger partial charge is 0.466 e. The molecule has 0 saturated carbocycles. The van der Waals surface area contributed by atoms with E-state index in [1.165, 1.54) is 96.3 Å². The van der Waals surface area contributed by atoms with Crippen LogP contribution in [0.15, 0.2) is 12.2 Å². The Morgan fingerprint density at radius 2 is 1.04 bits per heavy atom. The number of hydrogen-bond donors (Lipinski definition) is 0. The molecule has 2 nitrogen and oxygen atoms in total. The highest BCUT2D eigenvalue weighted by Crippen LogP contribution is 2.12. The summed E-state index contributed by atoms with van der Waals surface area (Å²) in [4.78, 5) is 11.2. The zero-order chi connectivity index (χ0) is 19.1. The Morgan fingerprint density at radius 3 is 1.50 bits per heavy atom. The van der Waals surface area contributed by atoms with Gasteiger partial charge in [0.1, 0.15) is 0 Å². The zero-order valence-electron chi connectivity index (χ0n) is 17.9. The number of allylic oxidation sites excluding steroid dienone is 2. The number of carbonyl (C=O) groups excluding carboxylic acids is 1. The number of rotatable bonds is 20. The summed E-state index contributed by atoms with van der Waals surface area (Å²) < 4.78 is 4.93. The minimum atomic E-state index is -0.0359. The van der Waals surface area contributed by atoms with Gasteiger partial charge in [0.2, 0.25) is 0 Å². The van der Waals surface area contributed by atoms with Crippen molar-refractivity contribution in [2.24, 2.45) is 0 Å². The van der Waals surface area contributed by atoms with E-state index in [4.69, 9.17) is 4.74 Å². The quantitative estimate of drug-likeness (QED) is 0.123. The maximum Gasteiger partial charge on any atom is 0.305 e. The highest BCUT2D eigenvalue weighted by Gasteiger charge is 2.00. The number of esters is 1. The molecule has 0 bridgehead atoms. The molecule has 2 heteroatoms. The van der Waals surface area contributed by atoms with Crippen LogP contribution in [0.3, 0.4) is 0 Å². The average molecular weight is 367 g/mol. The summed E-state index contributed by atoms with van der Waals surface area (Å²) in [7, 11) is 0. The molecule has 0 aliphatic carbocycles. The van der Waals surface area contributed by atoms with E-state index in [0.717, 1.165) is 12.8 Å². The van der Waals surface area contributed by atoms with Crippen LogP contribution in [-0.4, -0.2) is 12.6 Å². The van der Waals surface area contributed by atoms with Gasteiger partial charge in [0, 0.05) is 6.42 Å². The van der Waals surface area contributed by atoms with Gasteiger partial charge in [0.25, 0.3) is 0 Å². The first-order valence-electron chi connectivity index (χ1n) is 11.6. The van der Waals surface area contributed by atoms with Crippen molar-refractivity contribution in [2.45, 2.75) is 129 Å². The lowest BCUT2D eigenvalue weighted by Crippen LogP contribution is -2.03. The average Bonchev–Trinajstić information content (AvgIpc) is 2.64. The summed E-state index contributed by atoms with van der Waals surface area (Å²) in [6.45, 7) is 4.65. The third-order valence-electron chi connectivity index (χ3n) is 4.95. The van der Waals surface area contributed by atoms with Crippen LogP contribution < -0.4 is 0 Å². The Labute approximate surface area is 164 Å². The van der Waals surface area contributed by atoms with Crippen LogP contribution in [0.2, 0.25) is 0 Å². The summed E-state index contributed by atoms with van der Waals surface area (Å²) in [6, 6.07) is 0. The molecule has 0 spiro atoms. The molecule has 0 heterocycles. The Hall–Kier alpha value is -0.790. The minimum absolute atomic E-state index is 0.0359. The fraction of sp³-hybridized carbons (Fsp3) is 0.875. The number of unbranched alkanes of at least 4 members (excludes halogenated alkanes) is 15. The van der Waals surface area contributed by atoms with Crippen LogP contribution in [0.25, 0.3) is 0 Å². The first-order valence-corrected chi connectivity index (χ1v) is 11.6. The lowest BCUT2D eigenvalue weighted by molar-refractivity contribution is -0.143. The number of ether oxygens (including phenoxy) is 1. The van der Waals surface area contributed by atoms with E-state index < -0.39 is 0 Å². The van der Waals surface area contributed by atoms with Crippen LogP contribution in [0, 0.1) is 0 Å². The first-order chi connectivity index (χ1) is 12.8. The van der Waals surface area contributed by atoms with E-state index in [1.807, 2.05) is 6.92 Å². The van der Waals surface area contributed by atoms with Gasteiger partial charge in [-0.1, -0.05) is 96.1 Å². The van der Waals surface area contributed by atoms with E-state index in [0.29, 0.717) is 13.0 Å². The van der Waals surface area contributed by atoms with Gasteiger partial charge >= 0.3 is 5.97 Å². The predicted octanol–water partition coefficient (Wildman–Crippen LogP) is 8.15. The smallest absolute Gasteiger partial charge is 0.305 e. The van der Waals surface area contributed by atoms with Crippen molar-refractivity contribution in [3.63, 3.8) is 0 Å². The molecule has 0 saturated heterocycles. The van der Waals surface area contributed by atoms with Crippen molar-refractivity contribution in [2.75, 3.05) is 6.61 Å². The molecule has 0 aliphatic heterocycles. The van der Waals surface area contributed by atoms with Crippen LogP contribution in [0.4, 0.5) is 0 Å². The van der Waals surface area contributed by atoms with Gasteiger partial charge in [-0.05, 0) is 39.0 Å². The van der Waals surface area contributed by atoms with Gasteiger partial charge in [-0.2, -0.15) is 0 Å². The Balaban J connectivity index is 3.11. The Morgan fingerprint density at radius 1 is 0.615 bits per heavy atom. The second kappa shape index (κ2) is 22.3. The lowest BCUT2D eigenvalue weighted by Gasteiger charge is -2.02. The fourth-order valence-corrected chi connectivity index (χ4v) is 3.28. The third kappa shape index (κ3) is 21.3. The second-order valence-electron chi connectivity index (χ2n) is 7.55. The summed E-state index contributed by atoms with van der Waals surface area (Å²) >= 11 is 0. The molecule has 0 fully saturated rings. The molecule has 0 amide bonds. The van der Waals surface area contributed by atoms with Gasteiger partial charge < -0.3 is 4.74 Å². The molecule has 0 radical (unpaired) electrons. The predicted molar refractivity (Wildman–Crippen MR) is 115 cm³/mol. The summed E-state index contributed by atoms with van der Waals surface area (Å²) in [5.74, 6) is -0.0359. The Bertz CT molecular complexity index is 309. The zero-order valence-corrected chi connectivity index (χ0v) is 17.9. The second-order valence-corrected chi connectivity index (χ2v) is 7.55. The molecular formula is C24H46O2. The molecular weight excluding hydrogens is 320 g/mol. The van der Waals surface area contributed by atoms with Crippen molar-refractivity contribution in [3.05, 3.63) is 12.2 Å². The van der Waals surface area contributed by atoms with Crippen molar-refractivity contribution in [1.82, 2.24) is 0 Å². The van der Waals surface area contributed by atoms with E-state index >= 15 is 0 Å². The highest BCUT2D eigenvalue weighted by molar-refractivity contribution is 5.69. The van der Waals surface area contributed by atoms with Gasteiger partial charge in [-0.3, -0.25) is 4.79 Å². The van der Waals surface area contributed by atoms with Crippen LogP contribution >= 0.6 is 0 Å². The summed E-state index contributed by atoms with van der Waals surface area (Å²) in [5, 5.41) is 0. The highest BCUT2D eigenvalue weighted by atomic mass is 16.5. The van der Waals surface area contributed by atoms with Crippen LogP contribution in [0.1, 0.15) is 129 Å². The molecule has 0 aromatic heterocycles. The minimum Gasteiger partial charge on any atom is -0.466 e. The molecule has 0 rings (SSSR count). The molecule has 0 aliphatic rings. The molecule has 0 unspecified atom stereocenters. The lowest BCUT2D eigenvalue weighted by atomic mass is 10.1. The number of hydrogen-bond acceptors (Lipinski definition) is 2. The van der Waals surface area contributed by atoms with Gasteiger partial charge in [0.15, 0.2) is 0 Å². The van der Waals surface area contributed by atoms with Crippen LogP contribution in [0.5, 0.6) is 0 Å². The van der Waals surface area contributed by atoms with Crippen molar-refractivity contribution in [1.29, 1.82) is 0 Å². The summed E-state index contributed by atoms with van der Waals surface area (Å²) in [6.07, 6.45) is 27.9. The monoisotopic (exact) mass is 366 g/mol. The van der Waals surface area contributed by atoms with Gasteiger partial charge in [-0.15, -0.1) is 0 Å². The Kier molecular flexibility index (Phi) is 21.6. The summed E-state index contributed by atoms with van der Waals surface area (Å²) in [5.41, 5.74) is 0. The van der Waals surface area contributed by atoms with E-state index in [1.54, 1.807) is 0 Å². The van der Waals surface area contributed by atoms with E-state index in [2.05, 4.69) is 19.1 Å². The van der Waals surface area contributed by atoms with Gasteiger partial charge in [-0.25, -0.2) is 0 Å². The maximum absolute atomic E-state index is 11.2. The third-order valence-corrected chi connectivity index (χ3v) is 4.95. The molecule has 0 aromatic rings. The van der Waals surface area contributed by atoms with Crippen molar-refractivity contribution < 1.29 is 9.53 Å². The standard InChI is InChI=1S/C24H46O2/c1-3-5-6-7-8-9-10-11-12-13-14-15-16-17-18-19-20-21-22-23-24(25)26-4-2/h13-14H,3-12,15-23H2,1-2H3. The molecule has 26 heavy (non-hydrogen) atoms. The fourth-order valence-electron chi connectivity index (χ4n) is 3.28. The van der Waals surface area contributed by atoms with E-state index in [-0.39, 0.29) is 5.97 Å². The first kappa shape index (κ1) is 25.2. The molecule has 0 atom stereocenters. The SMILES string of the molecule is CCCCCCCCCCC=CCCCCCCCCCC(=O)OCC. The maximum atomic E-state index is 11.2. The molecule has 0 aromatic carbocycles. The number of carbonyl (C=O) groups is 1. The molecule has 154 valence electrons. The normalized spacial score (nSPS) is 11.3. The topological polar surface area (TPSA) is 26.3 Å². The van der Waals surface area contributed by atoms with Crippen molar-refractivity contribution >= 4 is 5.97 Å². The van der Waals surface area contributed by atoms with Crippen LogP contribution in [-0.2, 0) is 9.53 Å². The molecule has 0 N–H and O–H groups in total.